The first-order valence-corrected chi connectivity index (χ1v) is 15.4. The van der Waals surface area contributed by atoms with Gasteiger partial charge >= 0.3 is 0 Å². The van der Waals surface area contributed by atoms with E-state index in [2.05, 4.69) is 29.1 Å². The molecule has 2 fully saturated rings. The molecule has 0 aromatic heterocycles. The molecular weight excluding hydrogens is 539 g/mol. The van der Waals surface area contributed by atoms with Crippen LogP contribution in [0.15, 0.2) is 72.9 Å². The highest BCUT2D eigenvalue weighted by atomic mass is 19.1. The van der Waals surface area contributed by atoms with Crippen LogP contribution in [-0.4, -0.2) is 42.9 Å². The van der Waals surface area contributed by atoms with Gasteiger partial charge in [0, 0.05) is 53.9 Å². The van der Waals surface area contributed by atoms with E-state index in [9.17, 15) is 14.0 Å². The summed E-state index contributed by atoms with van der Waals surface area (Å²) in [4.78, 5) is 28.5. The third-order valence-electron chi connectivity index (χ3n) is 9.07. The summed E-state index contributed by atoms with van der Waals surface area (Å²) in [6.45, 7) is 8.91. The second-order valence-corrected chi connectivity index (χ2v) is 12.3. The summed E-state index contributed by atoms with van der Waals surface area (Å²) in [5.74, 6) is 0.936. The Morgan fingerprint density at radius 3 is 2.37 bits per heavy atom. The number of ketones is 1. The van der Waals surface area contributed by atoms with E-state index < -0.39 is 0 Å². The van der Waals surface area contributed by atoms with Gasteiger partial charge in [0.1, 0.15) is 5.82 Å². The molecule has 2 atom stereocenters. The van der Waals surface area contributed by atoms with Gasteiger partial charge in [0.15, 0.2) is 5.78 Å². The minimum atomic E-state index is -0.262. The number of hydrogen-bond acceptors (Lipinski definition) is 4. The normalized spacial score (nSPS) is 19.4. The first-order chi connectivity index (χ1) is 20.9. The number of allylic oxidation sites excluding steroid dienone is 1. The van der Waals surface area contributed by atoms with Crippen molar-refractivity contribution in [2.24, 2.45) is 17.8 Å². The first-order valence-electron chi connectivity index (χ1n) is 15.4. The van der Waals surface area contributed by atoms with Crippen LogP contribution >= 0.6 is 0 Å². The molecule has 3 aliphatic rings. The number of amides is 1. The van der Waals surface area contributed by atoms with Crippen molar-refractivity contribution in [3.8, 4) is 11.1 Å². The number of carbonyl (C=O) groups excluding carboxylic acids is 2. The molecule has 1 heterocycles. The second kappa shape index (κ2) is 12.7. The van der Waals surface area contributed by atoms with Gasteiger partial charge in [-0.3, -0.25) is 9.59 Å². The van der Waals surface area contributed by atoms with Crippen LogP contribution in [-0.2, 0) is 4.74 Å². The fourth-order valence-corrected chi connectivity index (χ4v) is 6.29. The average Bonchev–Trinajstić information content (AvgIpc) is 3.73. The molecule has 2 saturated carbocycles. The summed E-state index contributed by atoms with van der Waals surface area (Å²) in [5.41, 5.74) is 5.16. The summed E-state index contributed by atoms with van der Waals surface area (Å²) in [6, 6.07) is 17.9. The third-order valence-corrected chi connectivity index (χ3v) is 9.07. The van der Waals surface area contributed by atoms with E-state index in [1.165, 1.54) is 25.0 Å². The number of benzene rings is 3. The van der Waals surface area contributed by atoms with E-state index in [0.29, 0.717) is 30.6 Å². The van der Waals surface area contributed by atoms with E-state index in [-0.39, 0.29) is 23.4 Å². The van der Waals surface area contributed by atoms with Gasteiger partial charge in [0.25, 0.3) is 5.91 Å². The van der Waals surface area contributed by atoms with Crippen molar-refractivity contribution < 1.29 is 18.7 Å². The first kappa shape index (κ1) is 29.1. The molecule has 0 spiro atoms. The Labute approximate surface area is 252 Å². The van der Waals surface area contributed by atoms with Crippen LogP contribution in [0.3, 0.4) is 0 Å². The predicted octanol–water partition coefficient (Wildman–Crippen LogP) is 5.60. The highest BCUT2D eigenvalue weighted by Gasteiger charge is 2.31. The van der Waals surface area contributed by atoms with E-state index in [4.69, 9.17) is 4.74 Å². The van der Waals surface area contributed by atoms with Crippen LogP contribution in [0.5, 0.6) is 0 Å². The molecule has 1 amide bonds. The summed E-state index contributed by atoms with van der Waals surface area (Å²) in [6.07, 6.45) is 9.41. The quantitative estimate of drug-likeness (QED) is 0.238. The lowest BCUT2D eigenvalue weighted by Crippen LogP contribution is -2.39. The Morgan fingerprint density at radius 1 is 0.953 bits per heavy atom. The van der Waals surface area contributed by atoms with Crippen LogP contribution in [0.25, 0.3) is 23.4 Å². The zero-order valence-electron chi connectivity index (χ0n) is 24.8. The van der Waals surface area contributed by atoms with Crippen molar-refractivity contribution in [3.63, 3.8) is 0 Å². The van der Waals surface area contributed by atoms with Gasteiger partial charge in [-0.15, -0.1) is 0 Å². The van der Waals surface area contributed by atoms with Crippen LogP contribution in [0.2, 0.25) is 0 Å². The van der Waals surface area contributed by atoms with Gasteiger partial charge in [-0.1, -0.05) is 49.0 Å². The zero-order chi connectivity index (χ0) is 29.9. The number of Topliss-reactive ketones (excluding diaryl/α,β-unsaturated/α-hetero) is 1. The fraction of sp³-hybridized carbons (Fsp3) is 0.351. The lowest BCUT2D eigenvalue weighted by atomic mass is 9.93. The summed E-state index contributed by atoms with van der Waals surface area (Å²) in [7, 11) is 0. The maximum absolute atomic E-state index is 13.4. The van der Waals surface area contributed by atoms with Crippen molar-refractivity contribution in [1.82, 2.24) is 10.2 Å². The molecule has 6 rings (SSSR count). The van der Waals surface area contributed by atoms with Crippen LogP contribution < -0.4 is 15.8 Å². The number of ether oxygens (including phenoxy) is 1. The topological polar surface area (TPSA) is 58.6 Å². The molecule has 3 aromatic rings. The van der Waals surface area contributed by atoms with Gasteiger partial charge in [0.05, 0.1) is 6.61 Å². The number of rotatable bonds is 11. The molecule has 6 heteroatoms. The highest BCUT2D eigenvalue weighted by molar-refractivity contribution is 5.98. The van der Waals surface area contributed by atoms with E-state index in [1.807, 2.05) is 43.3 Å². The second-order valence-electron chi connectivity index (χ2n) is 12.3. The Hall–Kier alpha value is -4.03. The van der Waals surface area contributed by atoms with E-state index >= 15 is 0 Å². The maximum atomic E-state index is 13.4. The lowest BCUT2D eigenvalue weighted by Gasteiger charge is -2.27. The number of nitrogens with zero attached hydrogens (tertiary/aromatic N) is 1. The third kappa shape index (κ3) is 6.80. The zero-order valence-corrected chi connectivity index (χ0v) is 24.8. The number of carbonyl (C=O) groups is 2. The summed E-state index contributed by atoms with van der Waals surface area (Å²) < 4.78 is 18.9. The average molecular weight is 579 g/mol. The maximum Gasteiger partial charge on any atom is 0.251 e. The van der Waals surface area contributed by atoms with Crippen LogP contribution in [0.4, 0.5) is 4.39 Å². The molecule has 43 heavy (non-hydrogen) atoms. The molecule has 2 aliphatic carbocycles. The number of halogens is 1. The molecule has 0 radical (unpaired) electrons. The minimum Gasteiger partial charge on any atom is -0.379 e. The van der Waals surface area contributed by atoms with Crippen molar-refractivity contribution in [1.29, 1.82) is 0 Å². The van der Waals surface area contributed by atoms with Gasteiger partial charge in [-0.2, -0.15) is 0 Å². The summed E-state index contributed by atoms with van der Waals surface area (Å²) in [5, 5.41) is 5.10. The summed E-state index contributed by atoms with van der Waals surface area (Å²) >= 11 is 0. The van der Waals surface area contributed by atoms with Crippen molar-refractivity contribution in [2.75, 3.05) is 26.3 Å². The van der Waals surface area contributed by atoms with Gasteiger partial charge in [-0.25, -0.2) is 4.39 Å². The standard InChI is InChI=1S/C37H39FN2O3/c1-24-19-31-13-16-34(37(42)39-17-18-43-23-26-3-4-26)25(2)35(31)22-40(24)21-27-5-6-32(20-27)36(41)30-9-7-28(8-10-30)29-11-14-33(38)15-12-29/h7-16,19,22,26-27,32H,1,3-6,17-18,20-21,23H2,2H3,(H,39,42). The highest BCUT2D eigenvalue weighted by Crippen LogP contribution is 2.35. The molecular formula is C37H39FN2O3. The van der Waals surface area contributed by atoms with Crippen LogP contribution in [0, 0.1) is 30.5 Å². The minimum absolute atomic E-state index is 0.00119. The molecule has 3 aromatic carbocycles. The Morgan fingerprint density at radius 2 is 1.65 bits per heavy atom. The van der Waals surface area contributed by atoms with Gasteiger partial charge in [-0.05, 0) is 97.0 Å². The van der Waals surface area contributed by atoms with Gasteiger partial charge < -0.3 is 15.0 Å². The van der Waals surface area contributed by atoms with E-state index in [0.717, 1.165) is 70.8 Å². The number of fused-ring (bicyclic) bond motifs is 1. The van der Waals surface area contributed by atoms with Crippen molar-refractivity contribution >= 4 is 24.0 Å². The monoisotopic (exact) mass is 578 g/mol. The Balaban J connectivity index is 1.07. The molecule has 1 N–H and O–H groups in total. The Bertz CT molecular complexity index is 1640. The van der Waals surface area contributed by atoms with Crippen molar-refractivity contribution in [2.45, 2.75) is 39.0 Å². The molecule has 5 nitrogen and oxygen atoms in total. The van der Waals surface area contributed by atoms with Crippen molar-refractivity contribution in [3.05, 3.63) is 106 Å². The SMILES string of the molecule is C=C1C=c2ccc(C(=O)NCCOCC3CC3)c(C)c2=CN1CC1CCC(C(=O)c2ccc(-c3ccc(F)cc3)cc2)C1. The molecule has 0 saturated heterocycles. The lowest BCUT2D eigenvalue weighted by molar-refractivity contribution is 0.0903. The number of hydrogen-bond donors (Lipinski definition) is 1. The van der Waals surface area contributed by atoms with Gasteiger partial charge in [0.2, 0.25) is 0 Å². The fourth-order valence-electron chi connectivity index (χ4n) is 6.29. The molecule has 0 bridgehead atoms. The largest absolute Gasteiger partial charge is 0.379 e. The van der Waals surface area contributed by atoms with Crippen LogP contribution in [0.1, 0.15) is 58.4 Å². The number of nitrogens with one attached hydrogen (secondary N) is 1. The molecule has 2 unspecified atom stereocenters. The molecule has 1 aliphatic heterocycles. The van der Waals surface area contributed by atoms with E-state index in [1.54, 1.807) is 12.1 Å². The molecule has 222 valence electrons. The Kier molecular flexibility index (Phi) is 8.57. The predicted molar refractivity (Wildman–Crippen MR) is 168 cm³/mol. The smallest absolute Gasteiger partial charge is 0.251 e.